The molecule has 0 aliphatic heterocycles. The number of hydrogen-bond acceptors (Lipinski definition) is 2. The Morgan fingerprint density at radius 2 is 1.65 bits per heavy atom. The number of hydrogen-bond donors (Lipinski definition) is 1. The Bertz CT molecular complexity index is 444. The van der Waals surface area contributed by atoms with Crippen molar-refractivity contribution in [2.24, 2.45) is 10.4 Å². The maximum atomic E-state index is 12.4. The molecule has 114 valence electrons. The van der Waals surface area contributed by atoms with Gasteiger partial charge in [0, 0.05) is 23.0 Å². The molecule has 0 rings (SSSR count). The molecular weight excluding hydrogens is 248 g/mol. The standard InChI is InChI=1S/C17H30N2O/c1-10-15(12(4)13(5)18-11(2)3)16(20)19-14(6)17(7,8)9/h10,14H,1-9H3,(H,19,20)/b13-12+,15-10+. The summed E-state index contributed by atoms with van der Waals surface area (Å²) in [5, 5.41) is 3.07. The van der Waals surface area contributed by atoms with Crippen LogP contribution < -0.4 is 5.32 Å². The maximum Gasteiger partial charge on any atom is 0.251 e. The fourth-order valence-corrected chi connectivity index (χ4v) is 1.62. The smallest absolute Gasteiger partial charge is 0.251 e. The summed E-state index contributed by atoms with van der Waals surface area (Å²) < 4.78 is 0. The van der Waals surface area contributed by atoms with E-state index in [0.29, 0.717) is 5.57 Å². The molecule has 1 N–H and O–H groups in total. The van der Waals surface area contributed by atoms with E-state index in [9.17, 15) is 4.79 Å². The molecule has 1 atom stereocenters. The summed E-state index contributed by atoms with van der Waals surface area (Å²) in [7, 11) is 0. The number of allylic oxidation sites excluding steroid dienone is 2. The van der Waals surface area contributed by atoms with Crippen LogP contribution in [0.25, 0.3) is 0 Å². The van der Waals surface area contributed by atoms with Crippen molar-refractivity contribution in [1.29, 1.82) is 0 Å². The van der Waals surface area contributed by atoms with Crippen LogP contribution in [0.5, 0.6) is 0 Å². The average molecular weight is 278 g/mol. The topological polar surface area (TPSA) is 41.5 Å². The molecule has 0 aromatic carbocycles. The van der Waals surface area contributed by atoms with Crippen LogP contribution in [0.4, 0.5) is 0 Å². The summed E-state index contributed by atoms with van der Waals surface area (Å²) in [6.45, 7) is 18.1. The molecule has 1 unspecified atom stereocenters. The number of amides is 1. The molecule has 0 aromatic rings. The minimum atomic E-state index is -0.0317. The molecule has 0 aromatic heterocycles. The van der Waals surface area contributed by atoms with Gasteiger partial charge >= 0.3 is 0 Å². The van der Waals surface area contributed by atoms with Crippen LogP contribution in [-0.4, -0.2) is 17.7 Å². The highest BCUT2D eigenvalue weighted by molar-refractivity contribution is 5.98. The average Bonchev–Trinajstić information content (AvgIpc) is 2.27. The zero-order valence-corrected chi connectivity index (χ0v) is 14.5. The van der Waals surface area contributed by atoms with Gasteiger partial charge in [0.15, 0.2) is 0 Å². The summed E-state index contributed by atoms with van der Waals surface area (Å²) in [5.74, 6) is -0.0317. The normalized spacial score (nSPS) is 15.3. The maximum absolute atomic E-state index is 12.4. The van der Waals surface area contributed by atoms with E-state index in [2.05, 4.69) is 31.1 Å². The third-order valence-electron chi connectivity index (χ3n) is 3.52. The Kier molecular flexibility index (Phi) is 6.90. The minimum absolute atomic E-state index is 0.0317. The molecule has 0 radical (unpaired) electrons. The molecule has 0 aliphatic carbocycles. The molecule has 0 saturated carbocycles. The third kappa shape index (κ3) is 5.72. The van der Waals surface area contributed by atoms with Crippen molar-refractivity contribution in [2.75, 3.05) is 0 Å². The number of aliphatic imine (C=N–C) groups is 1. The number of nitrogens with zero attached hydrogens (tertiary/aromatic N) is 1. The van der Waals surface area contributed by atoms with Crippen molar-refractivity contribution in [1.82, 2.24) is 5.32 Å². The zero-order valence-electron chi connectivity index (χ0n) is 14.5. The molecule has 1 amide bonds. The van der Waals surface area contributed by atoms with E-state index in [-0.39, 0.29) is 17.4 Å². The van der Waals surface area contributed by atoms with E-state index in [4.69, 9.17) is 0 Å². The first kappa shape index (κ1) is 18.6. The molecule has 0 spiro atoms. The summed E-state index contributed by atoms with van der Waals surface area (Å²) in [6.07, 6.45) is 1.85. The van der Waals surface area contributed by atoms with Gasteiger partial charge < -0.3 is 5.32 Å². The monoisotopic (exact) mass is 278 g/mol. The minimum Gasteiger partial charge on any atom is -0.349 e. The fourth-order valence-electron chi connectivity index (χ4n) is 1.62. The SMILES string of the molecule is C/C=C(C(=O)NC(C)C(C)(C)C)\C(C)=C(/C)N=C(C)C. The number of nitrogens with one attached hydrogen (secondary N) is 1. The lowest BCUT2D eigenvalue weighted by Crippen LogP contribution is -2.42. The summed E-state index contributed by atoms with van der Waals surface area (Å²) in [4.78, 5) is 16.8. The summed E-state index contributed by atoms with van der Waals surface area (Å²) in [5.41, 5.74) is 3.53. The first-order valence-electron chi connectivity index (χ1n) is 7.17. The summed E-state index contributed by atoms with van der Waals surface area (Å²) >= 11 is 0. The molecule has 20 heavy (non-hydrogen) atoms. The van der Waals surface area contributed by atoms with Crippen LogP contribution in [-0.2, 0) is 4.79 Å². The van der Waals surface area contributed by atoms with Crippen LogP contribution in [0.3, 0.4) is 0 Å². The Morgan fingerprint density at radius 3 is 2.00 bits per heavy atom. The van der Waals surface area contributed by atoms with Crippen LogP contribution in [0.15, 0.2) is 27.9 Å². The van der Waals surface area contributed by atoms with E-state index < -0.39 is 0 Å². The number of carbonyl (C=O) groups excluding carboxylic acids is 1. The van der Waals surface area contributed by atoms with Crippen molar-refractivity contribution in [3.63, 3.8) is 0 Å². The second kappa shape index (κ2) is 7.41. The lowest BCUT2D eigenvalue weighted by Gasteiger charge is -2.28. The van der Waals surface area contributed by atoms with Crippen LogP contribution in [0, 0.1) is 5.41 Å². The molecule has 0 aliphatic rings. The largest absolute Gasteiger partial charge is 0.349 e. The van der Waals surface area contributed by atoms with Crippen LogP contribution in [0.1, 0.15) is 62.3 Å². The predicted octanol–water partition coefficient (Wildman–Crippen LogP) is 4.26. The molecule has 0 heterocycles. The van der Waals surface area contributed by atoms with Crippen LogP contribution in [0.2, 0.25) is 0 Å². The Labute approximate surface area is 124 Å². The summed E-state index contributed by atoms with van der Waals surface area (Å²) in [6, 6.07) is 0.106. The Morgan fingerprint density at radius 1 is 1.15 bits per heavy atom. The van der Waals surface area contributed by atoms with Gasteiger partial charge in [-0.05, 0) is 52.5 Å². The quantitative estimate of drug-likeness (QED) is 0.466. The molecule has 3 heteroatoms. The van der Waals surface area contributed by atoms with Gasteiger partial charge in [0.1, 0.15) is 0 Å². The molecule has 0 bridgehead atoms. The van der Waals surface area contributed by atoms with E-state index >= 15 is 0 Å². The van der Waals surface area contributed by atoms with Gasteiger partial charge in [0.2, 0.25) is 0 Å². The highest BCUT2D eigenvalue weighted by Crippen LogP contribution is 2.21. The second-order valence-corrected chi connectivity index (χ2v) is 6.53. The molecular formula is C17H30N2O. The zero-order chi connectivity index (χ0) is 16.1. The van der Waals surface area contributed by atoms with Gasteiger partial charge in [-0.15, -0.1) is 0 Å². The molecule has 0 fully saturated rings. The first-order chi connectivity index (χ1) is 9.00. The number of rotatable bonds is 4. The highest BCUT2D eigenvalue weighted by Gasteiger charge is 2.23. The Balaban J connectivity index is 5.23. The fraction of sp³-hybridized carbons (Fsp3) is 0.647. The van der Waals surface area contributed by atoms with Gasteiger partial charge in [-0.2, -0.15) is 0 Å². The van der Waals surface area contributed by atoms with E-state index in [1.54, 1.807) is 0 Å². The Hall–Kier alpha value is -1.38. The van der Waals surface area contributed by atoms with Gasteiger partial charge in [-0.1, -0.05) is 26.8 Å². The van der Waals surface area contributed by atoms with Crippen molar-refractivity contribution >= 4 is 11.6 Å². The molecule has 3 nitrogen and oxygen atoms in total. The van der Waals surface area contributed by atoms with E-state index in [0.717, 1.165) is 17.0 Å². The predicted molar refractivity (Wildman–Crippen MR) is 88.0 cm³/mol. The first-order valence-corrected chi connectivity index (χ1v) is 7.17. The third-order valence-corrected chi connectivity index (χ3v) is 3.52. The van der Waals surface area contributed by atoms with Crippen molar-refractivity contribution < 1.29 is 4.79 Å². The number of carbonyl (C=O) groups is 1. The van der Waals surface area contributed by atoms with Crippen molar-refractivity contribution in [3.8, 4) is 0 Å². The second-order valence-electron chi connectivity index (χ2n) is 6.53. The van der Waals surface area contributed by atoms with Crippen molar-refractivity contribution in [3.05, 3.63) is 22.9 Å². The molecule has 0 saturated heterocycles. The van der Waals surface area contributed by atoms with Gasteiger partial charge in [-0.3, -0.25) is 9.79 Å². The van der Waals surface area contributed by atoms with Crippen LogP contribution >= 0.6 is 0 Å². The van der Waals surface area contributed by atoms with E-state index in [1.165, 1.54) is 0 Å². The lowest BCUT2D eigenvalue weighted by atomic mass is 9.87. The van der Waals surface area contributed by atoms with E-state index in [1.807, 2.05) is 47.6 Å². The van der Waals surface area contributed by atoms with Gasteiger partial charge in [-0.25, -0.2) is 0 Å². The highest BCUT2D eigenvalue weighted by atomic mass is 16.1. The van der Waals surface area contributed by atoms with Gasteiger partial charge in [0.05, 0.1) is 0 Å². The lowest BCUT2D eigenvalue weighted by molar-refractivity contribution is -0.118. The van der Waals surface area contributed by atoms with Crippen molar-refractivity contribution in [2.45, 2.75) is 68.4 Å². The van der Waals surface area contributed by atoms with Gasteiger partial charge in [0.25, 0.3) is 5.91 Å².